The van der Waals surface area contributed by atoms with Crippen molar-refractivity contribution in [2.45, 2.75) is 45.6 Å². The van der Waals surface area contributed by atoms with Gasteiger partial charge in [-0.25, -0.2) is 0 Å². The first-order valence-corrected chi connectivity index (χ1v) is 8.88. The summed E-state index contributed by atoms with van der Waals surface area (Å²) in [6, 6.07) is 7.80. The molecule has 0 heterocycles. The van der Waals surface area contributed by atoms with E-state index in [4.69, 9.17) is 17.0 Å². The maximum absolute atomic E-state index is 12.0. The molecule has 0 aliphatic heterocycles. The summed E-state index contributed by atoms with van der Waals surface area (Å²) in [5, 5.41) is 3.80. The maximum atomic E-state index is 12.0. The van der Waals surface area contributed by atoms with Crippen molar-refractivity contribution in [2.24, 2.45) is 11.8 Å². The van der Waals surface area contributed by atoms with Gasteiger partial charge in [-0.15, -0.1) is 0 Å². The van der Waals surface area contributed by atoms with Gasteiger partial charge in [-0.05, 0) is 48.2 Å². The van der Waals surface area contributed by atoms with Crippen LogP contribution in [0.1, 0.15) is 38.7 Å². The monoisotopic (exact) mass is 349 g/mol. The van der Waals surface area contributed by atoms with E-state index in [0.717, 1.165) is 17.7 Å². The molecule has 0 bridgehead atoms. The lowest BCUT2D eigenvalue weighted by molar-refractivity contribution is -0.121. The molecule has 6 heteroatoms. The van der Waals surface area contributed by atoms with E-state index in [2.05, 4.69) is 30.0 Å². The van der Waals surface area contributed by atoms with Gasteiger partial charge < -0.3 is 10.1 Å². The molecule has 1 amide bonds. The van der Waals surface area contributed by atoms with Crippen molar-refractivity contribution >= 4 is 23.2 Å². The van der Waals surface area contributed by atoms with E-state index in [-0.39, 0.29) is 12.3 Å². The van der Waals surface area contributed by atoms with Gasteiger partial charge in [-0.3, -0.25) is 15.6 Å². The Kier molecular flexibility index (Phi) is 6.85. The average molecular weight is 350 g/mol. The molecular formula is C18H27N3O2S. The van der Waals surface area contributed by atoms with E-state index in [1.165, 1.54) is 12.8 Å². The largest absolute Gasteiger partial charge is 0.497 e. The smallest absolute Gasteiger partial charge is 0.242 e. The van der Waals surface area contributed by atoms with Crippen LogP contribution in [0.15, 0.2) is 24.3 Å². The van der Waals surface area contributed by atoms with Crippen LogP contribution in [-0.4, -0.2) is 24.2 Å². The molecule has 24 heavy (non-hydrogen) atoms. The second-order valence-electron chi connectivity index (χ2n) is 6.55. The second-order valence-corrected chi connectivity index (χ2v) is 6.95. The summed E-state index contributed by atoms with van der Waals surface area (Å²) in [6.45, 7) is 4.54. The van der Waals surface area contributed by atoms with Crippen molar-refractivity contribution in [3.63, 3.8) is 0 Å². The Morgan fingerprint density at radius 2 is 1.92 bits per heavy atom. The normalized spacial score (nSPS) is 23.2. The lowest BCUT2D eigenvalue weighted by Gasteiger charge is -2.35. The molecule has 0 saturated heterocycles. The fourth-order valence-corrected chi connectivity index (χ4v) is 3.29. The van der Waals surface area contributed by atoms with Crippen molar-refractivity contribution in [3.8, 4) is 5.75 Å². The van der Waals surface area contributed by atoms with Crippen molar-refractivity contribution in [3.05, 3.63) is 29.8 Å². The van der Waals surface area contributed by atoms with Gasteiger partial charge in [0.25, 0.3) is 0 Å². The minimum Gasteiger partial charge on any atom is -0.497 e. The van der Waals surface area contributed by atoms with Crippen molar-refractivity contribution < 1.29 is 9.53 Å². The molecule has 2 rings (SSSR count). The standard InChI is InChI=1S/C18H27N3O2S/c1-12-5-4-6-16(13(12)2)19-18(24)21-20-17(22)11-14-7-9-15(23-3)10-8-14/h7-10,12-13,16H,4-6,11H2,1-3H3,(H,20,22)(H2,19,21,24)/t12-,13+,16+/m0/s1. The number of amides is 1. The third-order valence-electron chi connectivity index (χ3n) is 4.86. The molecule has 3 N–H and O–H groups in total. The zero-order chi connectivity index (χ0) is 17.5. The highest BCUT2D eigenvalue weighted by atomic mass is 32.1. The summed E-state index contributed by atoms with van der Waals surface area (Å²) < 4.78 is 5.10. The molecule has 0 unspecified atom stereocenters. The lowest BCUT2D eigenvalue weighted by Crippen LogP contribution is -2.52. The second kappa shape index (κ2) is 8.87. The molecule has 1 aliphatic carbocycles. The molecule has 3 atom stereocenters. The van der Waals surface area contributed by atoms with Crippen LogP contribution in [-0.2, 0) is 11.2 Å². The first-order chi connectivity index (χ1) is 11.5. The van der Waals surface area contributed by atoms with Gasteiger partial charge in [0, 0.05) is 6.04 Å². The van der Waals surface area contributed by atoms with Gasteiger partial charge in [0.2, 0.25) is 5.91 Å². The highest BCUT2D eigenvalue weighted by molar-refractivity contribution is 7.80. The minimum atomic E-state index is -0.130. The molecule has 0 radical (unpaired) electrons. The Bertz CT molecular complexity index is 562. The molecule has 0 aromatic heterocycles. The summed E-state index contributed by atoms with van der Waals surface area (Å²) in [6.07, 6.45) is 3.90. The minimum absolute atomic E-state index is 0.130. The maximum Gasteiger partial charge on any atom is 0.242 e. The highest BCUT2D eigenvalue weighted by Crippen LogP contribution is 2.29. The topological polar surface area (TPSA) is 62.4 Å². The summed E-state index contributed by atoms with van der Waals surface area (Å²) in [7, 11) is 1.62. The Morgan fingerprint density at radius 3 is 2.58 bits per heavy atom. The number of nitrogens with one attached hydrogen (secondary N) is 3. The van der Waals surface area contributed by atoms with Crippen LogP contribution in [0.4, 0.5) is 0 Å². The fraction of sp³-hybridized carbons (Fsp3) is 0.556. The number of hydrazine groups is 1. The number of thiocarbonyl (C=S) groups is 1. The zero-order valence-electron chi connectivity index (χ0n) is 14.6. The van der Waals surface area contributed by atoms with Crippen LogP contribution < -0.4 is 20.9 Å². The Hall–Kier alpha value is -1.82. The number of methoxy groups -OCH3 is 1. The zero-order valence-corrected chi connectivity index (χ0v) is 15.4. The number of hydrogen-bond donors (Lipinski definition) is 3. The first-order valence-electron chi connectivity index (χ1n) is 8.48. The van der Waals surface area contributed by atoms with Crippen molar-refractivity contribution in [1.82, 2.24) is 16.2 Å². The van der Waals surface area contributed by atoms with Crippen LogP contribution in [0.5, 0.6) is 5.75 Å². The molecule has 1 aliphatic rings. The third-order valence-corrected chi connectivity index (χ3v) is 5.08. The molecular weight excluding hydrogens is 322 g/mol. The molecule has 1 aromatic carbocycles. The SMILES string of the molecule is COc1ccc(CC(=O)NNC(=S)N[C@@H]2CCC[C@H](C)[C@H]2C)cc1. The van der Waals surface area contributed by atoms with E-state index < -0.39 is 0 Å². The van der Waals surface area contributed by atoms with Gasteiger partial charge in [-0.2, -0.15) is 0 Å². The van der Waals surface area contributed by atoms with Gasteiger partial charge in [-0.1, -0.05) is 38.8 Å². The number of hydrogen-bond acceptors (Lipinski definition) is 3. The van der Waals surface area contributed by atoms with E-state index >= 15 is 0 Å². The fourth-order valence-electron chi connectivity index (χ4n) is 3.09. The summed E-state index contributed by atoms with van der Waals surface area (Å²) in [5.74, 6) is 1.92. The van der Waals surface area contributed by atoms with Crippen LogP contribution in [0.2, 0.25) is 0 Å². The van der Waals surface area contributed by atoms with Crippen LogP contribution in [0, 0.1) is 11.8 Å². The Morgan fingerprint density at radius 1 is 1.21 bits per heavy atom. The van der Waals surface area contributed by atoms with Crippen LogP contribution in [0.25, 0.3) is 0 Å². The number of carbonyl (C=O) groups is 1. The van der Waals surface area contributed by atoms with E-state index in [0.29, 0.717) is 23.0 Å². The molecule has 1 aromatic rings. The number of carbonyl (C=O) groups excluding carboxylic acids is 1. The van der Waals surface area contributed by atoms with E-state index in [1.807, 2.05) is 24.3 Å². The van der Waals surface area contributed by atoms with Gasteiger partial charge in [0.1, 0.15) is 5.75 Å². The predicted octanol–water partition coefficient (Wildman–Crippen LogP) is 2.56. The highest BCUT2D eigenvalue weighted by Gasteiger charge is 2.27. The quantitative estimate of drug-likeness (QED) is 0.576. The van der Waals surface area contributed by atoms with Crippen LogP contribution >= 0.6 is 12.2 Å². The molecule has 132 valence electrons. The Balaban J connectivity index is 1.73. The molecule has 1 fully saturated rings. The van der Waals surface area contributed by atoms with Gasteiger partial charge >= 0.3 is 0 Å². The van der Waals surface area contributed by atoms with Crippen LogP contribution in [0.3, 0.4) is 0 Å². The Labute approximate surface area is 149 Å². The average Bonchev–Trinajstić information content (AvgIpc) is 2.58. The summed E-state index contributed by atoms with van der Waals surface area (Å²) in [4.78, 5) is 12.0. The number of benzene rings is 1. The number of rotatable bonds is 4. The van der Waals surface area contributed by atoms with E-state index in [1.54, 1.807) is 7.11 Å². The van der Waals surface area contributed by atoms with Gasteiger partial charge in [0.15, 0.2) is 5.11 Å². The van der Waals surface area contributed by atoms with Crippen molar-refractivity contribution in [1.29, 1.82) is 0 Å². The summed E-state index contributed by atoms with van der Waals surface area (Å²) in [5.41, 5.74) is 6.38. The molecule has 0 spiro atoms. The predicted molar refractivity (Wildman–Crippen MR) is 99.7 cm³/mol. The first kappa shape index (κ1) is 18.5. The molecule has 1 saturated carbocycles. The van der Waals surface area contributed by atoms with Gasteiger partial charge in [0.05, 0.1) is 13.5 Å². The number of ether oxygens (including phenoxy) is 1. The van der Waals surface area contributed by atoms with E-state index in [9.17, 15) is 4.79 Å². The molecule has 5 nitrogen and oxygen atoms in total. The third kappa shape index (κ3) is 5.37. The van der Waals surface area contributed by atoms with Crippen molar-refractivity contribution in [2.75, 3.05) is 7.11 Å². The summed E-state index contributed by atoms with van der Waals surface area (Å²) >= 11 is 5.29. The lowest BCUT2D eigenvalue weighted by atomic mass is 9.78.